The van der Waals surface area contributed by atoms with Crippen molar-refractivity contribution in [2.75, 3.05) is 5.75 Å². The van der Waals surface area contributed by atoms with E-state index in [1.54, 1.807) is 0 Å². The molecule has 2 aromatic carbocycles. The summed E-state index contributed by atoms with van der Waals surface area (Å²) in [5.74, 6) is 1.93. The highest BCUT2D eigenvalue weighted by molar-refractivity contribution is 7.95. The van der Waals surface area contributed by atoms with Crippen LogP contribution in [0.1, 0.15) is 27.0 Å². The first-order valence-corrected chi connectivity index (χ1v) is 7.20. The third-order valence-corrected chi connectivity index (χ3v) is 4.09. The average Bonchev–Trinajstić information content (AvgIpc) is 2.48. The van der Waals surface area contributed by atoms with Crippen molar-refractivity contribution in [2.45, 2.75) is 13.3 Å². The summed E-state index contributed by atoms with van der Waals surface area (Å²) in [6.45, 7) is 2.01. The van der Waals surface area contributed by atoms with Crippen molar-refractivity contribution in [3.63, 3.8) is 0 Å². The van der Waals surface area contributed by atoms with Crippen LogP contribution in [0, 0.1) is 6.92 Å². The maximum Gasteiger partial charge on any atom is 0.193 e. The maximum absolute atomic E-state index is 12.5. The van der Waals surface area contributed by atoms with Crippen molar-refractivity contribution in [2.24, 2.45) is 0 Å². The molecule has 2 aromatic rings. The molecule has 96 valence electrons. The molecule has 0 aliphatic carbocycles. The Hall–Kier alpha value is -1.74. The Bertz CT molecular complexity index is 620. The first-order chi connectivity index (χ1) is 9.27. The van der Waals surface area contributed by atoms with Crippen molar-refractivity contribution in [3.05, 3.63) is 64.7 Å². The second-order valence-electron chi connectivity index (χ2n) is 4.57. The Morgan fingerprint density at radius 3 is 2.74 bits per heavy atom. The Labute approximate surface area is 117 Å². The van der Waals surface area contributed by atoms with Crippen LogP contribution in [-0.2, 0) is 6.42 Å². The second-order valence-corrected chi connectivity index (χ2v) is 5.38. The van der Waals surface area contributed by atoms with Gasteiger partial charge in [-0.25, -0.2) is 0 Å². The van der Waals surface area contributed by atoms with Crippen LogP contribution in [-0.4, -0.2) is 11.5 Å². The van der Waals surface area contributed by atoms with E-state index in [4.69, 9.17) is 4.18 Å². The summed E-state index contributed by atoms with van der Waals surface area (Å²) in [4.78, 5) is 12.5. The van der Waals surface area contributed by atoms with Gasteiger partial charge < -0.3 is 4.18 Å². The summed E-state index contributed by atoms with van der Waals surface area (Å²) in [5, 5.41) is 0. The van der Waals surface area contributed by atoms with Crippen molar-refractivity contribution >= 4 is 17.8 Å². The van der Waals surface area contributed by atoms with Gasteiger partial charge >= 0.3 is 0 Å². The van der Waals surface area contributed by atoms with Gasteiger partial charge in [0.2, 0.25) is 0 Å². The molecule has 0 bridgehead atoms. The van der Waals surface area contributed by atoms with Crippen molar-refractivity contribution in [3.8, 4) is 5.75 Å². The third-order valence-electron chi connectivity index (χ3n) is 3.42. The lowest BCUT2D eigenvalue weighted by Crippen LogP contribution is -2.10. The van der Waals surface area contributed by atoms with Gasteiger partial charge in [0.1, 0.15) is 5.75 Å². The minimum atomic E-state index is 0.0825. The number of ketones is 1. The number of carbonyl (C=O) groups excluding carboxylic acids is 1. The van der Waals surface area contributed by atoms with Gasteiger partial charge in [-0.2, -0.15) is 0 Å². The molecule has 0 atom stereocenters. The van der Waals surface area contributed by atoms with E-state index < -0.39 is 0 Å². The van der Waals surface area contributed by atoms with E-state index in [2.05, 4.69) is 0 Å². The monoisotopic (exact) mass is 270 g/mol. The van der Waals surface area contributed by atoms with E-state index in [1.165, 1.54) is 17.6 Å². The molecule has 1 heterocycles. The van der Waals surface area contributed by atoms with E-state index >= 15 is 0 Å². The largest absolute Gasteiger partial charge is 0.425 e. The molecule has 0 spiro atoms. The molecule has 0 unspecified atom stereocenters. The molecule has 0 saturated carbocycles. The van der Waals surface area contributed by atoms with Gasteiger partial charge in [-0.05, 0) is 31.0 Å². The molecular formula is C16H14O2S. The van der Waals surface area contributed by atoms with Crippen molar-refractivity contribution < 1.29 is 8.98 Å². The number of hydrogen-bond acceptors (Lipinski definition) is 3. The normalized spacial score (nSPS) is 13.5. The SMILES string of the molecule is Cc1c(C(=O)c2ccccc2)ccc2c1CCSO2. The number of carbonyl (C=O) groups is 1. The van der Waals surface area contributed by atoms with Crippen LogP contribution in [0.3, 0.4) is 0 Å². The zero-order valence-corrected chi connectivity index (χ0v) is 11.5. The summed E-state index contributed by atoms with van der Waals surface area (Å²) < 4.78 is 5.55. The smallest absolute Gasteiger partial charge is 0.193 e. The molecule has 2 nitrogen and oxygen atoms in total. The fourth-order valence-electron chi connectivity index (χ4n) is 2.36. The van der Waals surface area contributed by atoms with Crippen LogP contribution in [0.5, 0.6) is 5.75 Å². The van der Waals surface area contributed by atoms with E-state index in [-0.39, 0.29) is 5.78 Å². The zero-order valence-electron chi connectivity index (χ0n) is 10.7. The van der Waals surface area contributed by atoms with E-state index in [0.29, 0.717) is 0 Å². The molecular weight excluding hydrogens is 256 g/mol. The average molecular weight is 270 g/mol. The van der Waals surface area contributed by atoms with Crippen molar-refractivity contribution in [1.29, 1.82) is 0 Å². The van der Waals surface area contributed by atoms with Gasteiger partial charge in [0.15, 0.2) is 5.78 Å². The van der Waals surface area contributed by atoms with Crippen LogP contribution in [0.15, 0.2) is 42.5 Å². The molecule has 1 aliphatic heterocycles. The summed E-state index contributed by atoms with van der Waals surface area (Å²) >= 11 is 1.47. The highest BCUT2D eigenvalue weighted by atomic mass is 32.2. The number of fused-ring (bicyclic) bond motifs is 1. The molecule has 0 fully saturated rings. The molecule has 0 N–H and O–H groups in total. The lowest BCUT2D eigenvalue weighted by Gasteiger charge is -2.19. The second kappa shape index (κ2) is 5.10. The van der Waals surface area contributed by atoms with Crippen LogP contribution >= 0.6 is 12.0 Å². The Kier molecular flexibility index (Phi) is 3.30. The van der Waals surface area contributed by atoms with Gasteiger partial charge in [0, 0.05) is 22.4 Å². The van der Waals surface area contributed by atoms with E-state index in [1.807, 2.05) is 49.4 Å². The topological polar surface area (TPSA) is 26.3 Å². The van der Waals surface area contributed by atoms with Gasteiger partial charge in [-0.1, -0.05) is 30.3 Å². The lowest BCUT2D eigenvalue weighted by molar-refractivity contribution is 0.103. The van der Waals surface area contributed by atoms with Gasteiger partial charge in [0.25, 0.3) is 0 Å². The minimum Gasteiger partial charge on any atom is -0.425 e. The van der Waals surface area contributed by atoms with E-state index in [0.717, 1.165) is 34.6 Å². The van der Waals surface area contributed by atoms with Crippen LogP contribution in [0.25, 0.3) is 0 Å². The minimum absolute atomic E-state index is 0.0825. The Morgan fingerprint density at radius 2 is 1.95 bits per heavy atom. The van der Waals surface area contributed by atoms with Crippen LogP contribution in [0.4, 0.5) is 0 Å². The molecule has 19 heavy (non-hydrogen) atoms. The molecule has 0 radical (unpaired) electrons. The van der Waals surface area contributed by atoms with Crippen LogP contribution < -0.4 is 4.18 Å². The predicted molar refractivity (Wildman–Crippen MR) is 77.8 cm³/mol. The molecule has 0 saturated heterocycles. The van der Waals surface area contributed by atoms with Gasteiger partial charge in [0.05, 0.1) is 12.0 Å². The predicted octanol–water partition coefficient (Wildman–Crippen LogP) is 3.81. The molecule has 1 aliphatic rings. The number of rotatable bonds is 2. The van der Waals surface area contributed by atoms with Crippen LogP contribution in [0.2, 0.25) is 0 Å². The highest BCUT2D eigenvalue weighted by Gasteiger charge is 2.19. The number of benzene rings is 2. The van der Waals surface area contributed by atoms with Gasteiger partial charge in [-0.3, -0.25) is 4.79 Å². The molecule has 0 aromatic heterocycles. The number of hydrogen-bond donors (Lipinski definition) is 0. The lowest BCUT2D eigenvalue weighted by atomic mass is 9.94. The van der Waals surface area contributed by atoms with E-state index in [9.17, 15) is 4.79 Å². The summed E-state index contributed by atoms with van der Waals surface area (Å²) in [5.41, 5.74) is 3.73. The standard InChI is InChI=1S/C16H14O2S/c1-11-13-9-10-19-18-15(13)8-7-14(11)16(17)12-5-3-2-4-6-12/h2-8H,9-10H2,1H3. The maximum atomic E-state index is 12.5. The van der Waals surface area contributed by atoms with Crippen molar-refractivity contribution in [1.82, 2.24) is 0 Å². The summed E-state index contributed by atoms with van der Waals surface area (Å²) in [7, 11) is 0. The fourth-order valence-corrected chi connectivity index (χ4v) is 3.01. The molecule has 3 heteroatoms. The Balaban J connectivity index is 2.04. The highest BCUT2D eigenvalue weighted by Crippen LogP contribution is 2.33. The third kappa shape index (κ3) is 2.26. The van der Waals surface area contributed by atoms with Gasteiger partial charge in [-0.15, -0.1) is 0 Å². The molecule has 3 rings (SSSR count). The molecule has 0 amide bonds. The fraction of sp³-hybridized carbons (Fsp3) is 0.188. The summed E-state index contributed by atoms with van der Waals surface area (Å²) in [6, 6.07) is 13.2. The summed E-state index contributed by atoms with van der Waals surface area (Å²) in [6.07, 6.45) is 0.960. The first kappa shape index (κ1) is 12.3. The Morgan fingerprint density at radius 1 is 1.16 bits per heavy atom. The first-order valence-electron chi connectivity index (χ1n) is 6.29. The zero-order chi connectivity index (χ0) is 13.2. The quantitative estimate of drug-likeness (QED) is 0.613.